The Balaban J connectivity index is 1.46. The van der Waals surface area contributed by atoms with Crippen molar-refractivity contribution in [1.82, 2.24) is 4.98 Å². The summed E-state index contributed by atoms with van der Waals surface area (Å²) in [6, 6.07) is 7.16. The third-order valence-corrected chi connectivity index (χ3v) is 4.79. The van der Waals surface area contributed by atoms with Gasteiger partial charge in [0.15, 0.2) is 5.13 Å². The number of carbonyl (C=O) groups is 3. The minimum Gasteiger partial charge on any atom is -0.494 e. The Kier molecular flexibility index (Phi) is 6.85. The number of aryl methyl sites for hydroxylation is 1. The van der Waals surface area contributed by atoms with E-state index in [1.54, 1.807) is 35.7 Å². The van der Waals surface area contributed by atoms with Crippen molar-refractivity contribution < 1.29 is 19.1 Å². The second-order valence-corrected chi connectivity index (χ2v) is 6.98. The maximum absolute atomic E-state index is 12.2. The summed E-state index contributed by atoms with van der Waals surface area (Å²) in [6.45, 7) is 2.50. The molecule has 0 spiro atoms. The number of rotatable bonds is 8. The molecule has 0 bridgehead atoms. The van der Waals surface area contributed by atoms with Crippen LogP contribution in [0.15, 0.2) is 46.8 Å². The zero-order chi connectivity index (χ0) is 20.6. The fourth-order valence-electron chi connectivity index (χ4n) is 2.57. The van der Waals surface area contributed by atoms with Crippen LogP contribution in [-0.2, 0) is 20.8 Å². The van der Waals surface area contributed by atoms with Crippen LogP contribution in [0, 0.1) is 5.92 Å². The first kappa shape index (κ1) is 20.4. The molecule has 150 valence electrons. The first-order valence-electron chi connectivity index (χ1n) is 9.08. The molecule has 9 heteroatoms. The highest BCUT2D eigenvalue weighted by Crippen LogP contribution is 2.19. The van der Waals surface area contributed by atoms with E-state index in [1.165, 1.54) is 23.6 Å². The molecule has 0 saturated heterocycles. The van der Waals surface area contributed by atoms with Gasteiger partial charge < -0.3 is 15.4 Å². The van der Waals surface area contributed by atoms with Crippen molar-refractivity contribution >= 4 is 46.1 Å². The van der Waals surface area contributed by atoms with Crippen molar-refractivity contribution in [2.45, 2.75) is 19.8 Å². The smallest absolute Gasteiger partial charge is 0.262 e. The van der Waals surface area contributed by atoms with Crippen LogP contribution in [0.25, 0.3) is 0 Å². The molecule has 3 amide bonds. The third-order valence-electron chi connectivity index (χ3n) is 3.98. The van der Waals surface area contributed by atoms with E-state index in [-0.39, 0.29) is 12.3 Å². The normalized spacial score (nSPS) is 15.2. The van der Waals surface area contributed by atoms with Crippen LogP contribution in [0.2, 0.25) is 0 Å². The first-order chi connectivity index (χ1) is 14.0. The molecule has 0 radical (unpaired) electrons. The number of thiazole rings is 1. The van der Waals surface area contributed by atoms with Crippen molar-refractivity contribution in [2.75, 3.05) is 17.2 Å². The number of benzene rings is 1. The van der Waals surface area contributed by atoms with Crippen LogP contribution in [0.4, 0.5) is 10.8 Å². The number of aliphatic imine (C=N–C) groups is 1. The lowest BCUT2D eigenvalue weighted by molar-refractivity contribution is -0.128. The molecule has 1 aromatic carbocycles. The minimum atomic E-state index is -0.938. The van der Waals surface area contributed by atoms with Gasteiger partial charge in [0.05, 0.1) is 12.3 Å². The number of ether oxygens (including phenoxy) is 1. The number of anilines is 2. The number of nitrogens with one attached hydrogen (secondary N) is 2. The number of amides is 3. The van der Waals surface area contributed by atoms with Gasteiger partial charge in [0, 0.05) is 23.7 Å². The zero-order valence-electron chi connectivity index (χ0n) is 15.8. The number of allylic oxidation sites excluding steroid dienone is 1. The molecule has 2 N–H and O–H groups in total. The molecule has 1 aliphatic heterocycles. The van der Waals surface area contributed by atoms with E-state index < -0.39 is 17.7 Å². The number of aromatic nitrogens is 1. The van der Waals surface area contributed by atoms with Gasteiger partial charge >= 0.3 is 0 Å². The van der Waals surface area contributed by atoms with E-state index in [1.807, 2.05) is 6.92 Å². The summed E-state index contributed by atoms with van der Waals surface area (Å²) >= 11 is 1.24. The number of hydrogen-bond acceptors (Lipinski definition) is 6. The number of dihydropyridines is 1. The number of carbonyl (C=O) groups excluding carboxylic acids is 3. The van der Waals surface area contributed by atoms with Gasteiger partial charge in [-0.25, -0.2) is 9.98 Å². The van der Waals surface area contributed by atoms with E-state index in [0.717, 1.165) is 5.75 Å². The van der Waals surface area contributed by atoms with Gasteiger partial charge in [0.25, 0.3) is 5.91 Å². The lowest BCUT2D eigenvalue weighted by Crippen LogP contribution is -2.28. The van der Waals surface area contributed by atoms with Crippen molar-refractivity contribution in [3.63, 3.8) is 0 Å². The Labute approximate surface area is 171 Å². The van der Waals surface area contributed by atoms with Crippen molar-refractivity contribution in [3.8, 4) is 5.75 Å². The lowest BCUT2D eigenvalue weighted by Gasteiger charge is -2.09. The van der Waals surface area contributed by atoms with Crippen LogP contribution in [0.5, 0.6) is 5.75 Å². The summed E-state index contributed by atoms with van der Waals surface area (Å²) in [4.78, 5) is 43.8. The highest BCUT2D eigenvalue weighted by atomic mass is 32.1. The second-order valence-electron chi connectivity index (χ2n) is 6.12. The molecule has 8 nitrogen and oxygen atoms in total. The molecular weight excluding hydrogens is 392 g/mol. The highest BCUT2D eigenvalue weighted by molar-refractivity contribution is 7.13. The molecule has 1 unspecified atom stereocenters. The summed E-state index contributed by atoms with van der Waals surface area (Å²) < 4.78 is 5.37. The van der Waals surface area contributed by atoms with Gasteiger partial charge in [-0.15, -0.1) is 11.3 Å². The Morgan fingerprint density at radius 2 is 2.00 bits per heavy atom. The molecular formula is C20H20N4O4S. The largest absolute Gasteiger partial charge is 0.494 e. The third kappa shape index (κ3) is 5.82. The average Bonchev–Trinajstić information content (AvgIpc) is 3.16. The minimum absolute atomic E-state index is 0.136. The second kappa shape index (κ2) is 9.74. The van der Waals surface area contributed by atoms with E-state index in [0.29, 0.717) is 29.5 Å². The zero-order valence-corrected chi connectivity index (χ0v) is 16.6. The maximum atomic E-state index is 12.2. The van der Waals surface area contributed by atoms with Crippen LogP contribution in [-0.4, -0.2) is 35.5 Å². The molecule has 3 rings (SSSR count). The molecule has 1 aliphatic rings. The lowest BCUT2D eigenvalue weighted by atomic mass is 10.1. The fraction of sp³-hybridized carbons (Fsp3) is 0.250. The van der Waals surface area contributed by atoms with Crippen LogP contribution in [0.1, 0.15) is 19.0 Å². The van der Waals surface area contributed by atoms with Crippen LogP contribution >= 0.6 is 11.3 Å². The Morgan fingerprint density at radius 3 is 2.72 bits per heavy atom. The van der Waals surface area contributed by atoms with Crippen molar-refractivity contribution in [3.05, 3.63) is 47.5 Å². The Hall–Kier alpha value is -3.33. The SMILES string of the molecule is CCOc1ccc(NC(=O)CCc2csc(NC(=O)C3C=CC=NC3=O)n2)cc1. The van der Waals surface area contributed by atoms with Gasteiger partial charge in [-0.05, 0) is 43.7 Å². The molecule has 1 atom stereocenters. The summed E-state index contributed by atoms with van der Waals surface area (Å²) in [5.41, 5.74) is 1.38. The van der Waals surface area contributed by atoms with Gasteiger partial charge in [0.2, 0.25) is 11.8 Å². The van der Waals surface area contributed by atoms with Crippen molar-refractivity contribution in [2.24, 2.45) is 10.9 Å². The Morgan fingerprint density at radius 1 is 1.21 bits per heavy atom. The van der Waals surface area contributed by atoms with Crippen LogP contribution in [0.3, 0.4) is 0 Å². The molecule has 2 heterocycles. The predicted molar refractivity (Wildman–Crippen MR) is 111 cm³/mol. The van der Waals surface area contributed by atoms with Crippen LogP contribution < -0.4 is 15.4 Å². The topological polar surface area (TPSA) is 110 Å². The standard InChI is InChI=1S/C20H20N4O4S/c1-2-28-15-8-5-13(6-9-15)22-17(25)10-7-14-12-29-20(23-14)24-19(27)16-4-3-11-21-18(16)26/h3-6,8-9,11-12,16H,2,7,10H2,1H3,(H,22,25)(H,23,24,27). The molecule has 0 aliphatic carbocycles. The summed E-state index contributed by atoms with van der Waals surface area (Å²) in [5.74, 6) is -1.31. The molecule has 2 aromatic rings. The summed E-state index contributed by atoms with van der Waals surface area (Å²) in [6.07, 6.45) is 5.09. The predicted octanol–water partition coefficient (Wildman–Crippen LogP) is 2.84. The van der Waals surface area contributed by atoms with E-state index in [4.69, 9.17) is 4.74 Å². The monoisotopic (exact) mass is 412 g/mol. The molecule has 0 fully saturated rings. The Bertz CT molecular complexity index is 950. The molecule has 29 heavy (non-hydrogen) atoms. The highest BCUT2D eigenvalue weighted by Gasteiger charge is 2.25. The van der Waals surface area contributed by atoms with Gasteiger partial charge in [-0.3, -0.25) is 14.4 Å². The van der Waals surface area contributed by atoms with E-state index in [2.05, 4.69) is 20.6 Å². The molecule has 1 aromatic heterocycles. The van der Waals surface area contributed by atoms with E-state index in [9.17, 15) is 14.4 Å². The molecule has 0 saturated carbocycles. The quantitative estimate of drug-likeness (QED) is 0.648. The fourth-order valence-corrected chi connectivity index (χ4v) is 3.32. The summed E-state index contributed by atoms with van der Waals surface area (Å²) in [5, 5.41) is 7.59. The first-order valence-corrected chi connectivity index (χ1v) is 9.96. The number of nitrogens with zero attached hydrogens (tertiary/aromatic N) is 2. The average molecular weight is 412 g/mol. The van der Waals surface area contributed by atoms with Gasteiger partial charge in [-0.1, -0.05) is 6.08 Å². The van der Waals surface area contributed by atoms with Crippen molar-refractivity contribution in [1.29, 1.82) is 0 Å². The number of hydrogen-bond donors (Lipinski definition) is 2. The van der Waals surface area contributed by atoms with Gasteiger partial charge in [-0.2, -0.15) is 0 Å². The van der Waals surface area contributed by atoms with Gasteiger partial charge in [0.1, 0.15) is 11.7 Å². The maximum Gasteiger partial charge on any atom is 0.262 e. The summed E-state index contributed by atoms with van der Waals surface area (Å²) in [7, 11) is 0. The van der Waals surface area contributed by atoms with E-state index >= 15 is 0 Å².